The number of aromatic nitrogens is 1. The summed E-state index contributed by atoms with van der Waals surface area (Å²) in [6, 6.07) is 8.31. The van der Waals surface area contributed by atoms with Gasteiger partial charge in [-0.25, -0.2) is 0 Å². The van der Waals surface area contributed by atoms with Crippen LogP contribution in [0.15, 0.2) is 28.7 Å². The summed E-state index contributed by atoms with van der Waals surface area (Å²) in [7, 11) is 0. The monoisotopic (exact) mass is 278 g/mol. The number of benzene rings is 1. The van der Waals surface area contributed by atoms with Crippen molar-refractivity contribution in [2.24, 2.45) is 0 Å². The van der Waals surface area contributed by atoms with Gasteiger partial charge in [0.25, 0.3) is 0 Å². The summed E-state index contributed by atoms with van der Waals surface area (Å²) >= 11 is 3.56. The van der Waals surface area contributed by atoms with Gasteiger partial charge in [-0.1, -0.05) is 19.1 Å². The SMILES string of the molecule is CCNc1cc(CC)nc2c(Br)cccc12. The molecule has 1 N–H and O–H groups in total. The third kappa shape index (κ3) is 2.05. The molecule has 2 aromatic rings. The van der Waals surface area contributed by atoms with Crippen LogP contribution in [0.25, 0.3) is 10.9 Å². The van der Waals surface area contributed by atoms with Crippen LogP contribution >= 0.6 is 15.9 Å². The molecule has 0 fully saturated rings. The van der Waals surface area contributed by atoms with Crippen molar-refractivity contribution in [3.8, 4) is 0 Å². The lowest BCUT2D eigenvalue weighted by Gasteiger charge is -2.10. The lowest BCUT2D eigenvalue weighted by atomic mass is 10.1. The maximum absolute atomic E-state index is 4.65. The Labute approximate surface area is 104 Å². The molecule has 0 amide bonds. The lowest BCUT2D eigenvalue weighted by Crippen LogP contribution is -2.00. The van der Waals surface area contributed by atoms with E-state index in [1.807, 2.05) is 12.1 Å². The van der Waals surface area contributed by atoms with E-state index in [1.165, 1.54) is 11.1 Å². The van der Waals surface area contributed by atoms with Gasteiger partial charge in [0.1, 0.15) is 0 Å². The molecule has 0 spiro atoms. The fourth-order valence-corrected chi connectivity index (χ4v) is 2.24. The minimum atomic E-state index is 0.925. The number of nitrogens with one attached hydrogen (secondary N) is 1. The minimum Gasteiger partial charge on any atom is -0.385 e. The highest BCUT2D eigenvalue weighted by atomic mass is 79.9. The van der Waals surface area contributed by atoms with Crippen LogP contribution in [0.2, 0.25) is 0 Å². The molecule has 0 saturated heterocycles. The molecule has 84 valence electrons. The standard InChI is InChI=1S/C13H15BrN2/c1-3-9-8-12(15-4-2)10-6-5-7-11(14)13(10)16-9/h5-8H,3-4H2,1-2H3,(H,15,16). The molecular formula is C13H15BrN2. The van der Waals surface area contributed by atoms with E-state index in [2.05, 4.69) is 52.2 Å². The van der Waals surface area contributed by atoms with Crippen molar-refractivity contribution >= 4 is 32.5 Å². The van der Waals surface area contributed by atoms with E-state index in [0.717, 1.165) is 28.6 Å². The van der Waals surface area contributed by atoms with Crippen LogP contribution in [0.3, 0.4) is 0 Å². The van der Waals surface area contributed by atoms with Gasteiger partial charge in [-0.05, 0) is 41.4 Å². The largest absolute Gasteiger partial charge is 0.385 e. The number of fused-ring (bicyclic) bond motifs is 1. The van der Waals surface area contributed by atoms with Crippen LogP contribution in [0.5, 0.6) is 0 Å². The Morgan fingerprint density at radius 2 is 2.12 bits per heavy atom. The molecule has 0 aliphatic carbocycles. The summed E-state index contributed by atoms with van der Waals surface area (Å²) in [6.07, 6.45) is 0.954. The Kier molecular flexibility index (Phi) is 3.44. The van der Waals surface area contributed by atoms with Crippen LogP contribution < -0.4 is 5.32 Å². The number of halogens is 1. The van der Waals surface area contributed by atoms with Crippen molar-refractivity contribution in [1.29, 1.82) is 0 Å². The number of hydrogen-bond acceptors (Lipinski definition) is 2. The Balaban J connectivity index is 2.71. The number of aryl methyl sites for hydroxylation is 1. The number of hydrogen-bond donors (Lipinski definition) is 1. The highest BCUT2D eigenvalue weighted by molar-refractivity contribution is 9.10. The van der Waals surface area contributed by atoms with Crippen molar-refractivity contribution in [2.45, 2.75) is 20.3 Å². The molecule has 1 aromatic carbocycles. The summed E-state index contributed by atoms with van der Waals surface area (Å²) in [5, 5.41) is 4.57. The number of nitrogens with zero attached hydrogens (tertiary/aromatic N) is 1. The van der Waals surface area contributed by atoms with E-state index in [9.17, 15) is 0 Å². The van der Waals surface area contributed by atoms with Crippen LogP contribution in [0.1, 0.15) is 19.5 Å². The van der Waals surface area contributed by atoms with E-state index in [-0.39, 0.29) is 0 Å². The molecule has 3 heteroatoms. The molecule has 0 saturated carbocycles. The van der Waals surface area contributed by atoms with Crippen LogP contribution in [-0.4, -0.2) is 11.5 Å². The number of rotatable bonds is 3. The van der Waals surface area contributed by atoms with Crippen LogP contribution in [-0.2, 0) is 6.42 Å². The van der Waals surface area contributed by atoms with E-state index >= 15 is 0 Å². The van der Waals surface area contributed by atoms with Gasteiger partial charge in [-0.2, -0.15) is 0 Å². The molecule has 2 nitrogen and oxygen atoms in total. The summed E-state index contributed by atoms with van der Waals surface area (Å²) in [6.45, 7) is 5.16. The topological polar surface area (TPSA) is 24.9 Å². The lowest BCUT2D eigenvalue weighted by molar-refractivity contribution is 1.05. The summed E-state index contributed by atoms with van der Waals surface area (Å²) < 4.78 is 1.06. The molecular weight excluding hydrogens is 264 g/mol. The first-order chi connectivity index (χ1) is 7.76. The predicted octanol–water partition coefficient (Wildman–Crippen LogP) is 3.99. The zero-order valence-electron chi connectivity index (χ0n) is 9.55. The molecule has 0 atom stereocenters. The second kappa shape index (κ2) is 4.83. The Morgan fingerprint density at radius 3 is 2.81 bits per heavy atom. The molecule has 0 aliphatic heterocycles. The van der Waals surface area contributed by atoms with Crippen molar-refractivity contribution in [3.05, 3.63) is 34.4 Å². The van der Waals surface area contributed by atoms with E-state index in [0.29, 0.717) is 0 Å². The highest BCUT2D eigenvalue weighted by Gasteiger charge is 2.06. The first-order valence-corrected chi connectivity index (χ1v) is 6.37. The van der Waals surface area contributed by atoms with Gasteiger partial charge >= 0.3 is 0 Å². The molecule has 16 heavy (non-hydrogen) atoms. The molecule has 0 unspecified atom stereocenters. The zero-order chi connectivity index (χ0) is 11.5. The molecule has 1 aromatic heterocycles. The fourth-order valence-electron chi connectivity index (χ4n) is 1.78. The van der Waals surface area contributed by atoms with Crippen molar-refractivity contribution in [3.63, 3.8) is 0 Å². The van der Waals surface area contributed by atoms with Crippen LogP contribution in [0.4, 0.5) is 5.69 Å². The second-order valence-electron chi connectivity index (χ2n) is 3.68. The van der Waals surface area contributed by atoms with Gasteiger partial charge in [0.15, 0.2) is 0 Å². The molecule has 1 heterocycles. The molecule has 0 radical (unpaired) electrons. The Bertz CT molecular complexity index is 509. The Hall–Kier alpha value is -1.09. The summed E-state index contributed by atoms with van der Waals surface area (Å²) in [5.74, 6) is 0. The van der Waals surface area contributed by atoms with Crippen molar-refractivity contribution in [2.75, 3.05) is 11.9 Å². The molecule has 0 aliphatic rings. The Morgan fingerprint density at radius 1 is 1.31 bits per heavy atom. The summed E-state index contributed by atoms with van der Waals surface area (Å²) in [4.78, 5) is 4.65. The summed E-state index contributed by atoms with van der Waals surface area (Å²) in [5.41, 5.74) is 3.33. The minimum absolute atomic E-state index is 0.925. The average Bonchev–Trinajstić information content (AvgIpc) is 2.30. The van der Waals surface area contributed by atoms with Crippen molar-refractivity contribution in [1.82, 2.24) is 4.98 Å². The predicted molar refractivity (Wildman–Crippen MR) is 73.0 cm³/mol. The highest BCUT2D eigenvalue weighted by Crippen LogP contribution is 2.28. The van der Waals surface area contributed by atoms with Crippen molar-refractivity contribution < 1.29 is 0 Å². The normalized spacial score (nSPS) is 10.7. The van der Waals surface area contributed by atoms with Gasteiger partial charge in [0.05, 0.1) is 5.52 Å². The number of anilines is 1. The number of para-hydroxylation sites is 1. The van der Waals surface area contributed by atoms with Gasteiger partial charge < -0.3 is 5.32 Å². The molecule has 2 rings (SSSR count). The number of pyridine rings is 1. The fraction of sp³-hybridized carbons (Fsp3) is 0.308. The van der Waals surface area contributed by atoms with E-state index in [1.54, 1.807) is 0 Å². The third-order valence-electron chi connectivity index (χ3n) is 2.57. The van der Waals surface area contributed by atoms with Gasteiger partial charge in [0.2, 0.25) is 0 Å². The average molecular weight is 279 g/mol. The first kappa shape index (κ1) is 11.4. The van der Waals surface area contributed by atoms with Crippen LogP contribution in [0, 0.1) is 0 Å². The second-order valence-corrected chi connectivity index (χ2v) is 4.54. The first-order valence-electron chi connectivity index (χ1n) is 5.58. The van der Waals surface area contributed by atoms with E-state index < -0.39 is 0 Å². The van der Waals surface area contributed by atoms with Gasteiger partial charge in [-0.15, -0.1) is 0 Å². The van der Waals surface area contributed by atoms with Gasteiger partial charge in [-0.3, -0.25) is 4.98 Å². The third-order valence-corrected chi connectivity index (χ3v) is 3.21. The molecule has 0 bridgehead atoms. The maximum Gasteiger partial charge on any atom is 0.0867 e. The zero-order valence-corrected chi connectivity index (χ0v) is 11.1. The maximum atomic E-state index is 4.65. The van der Waals surface area contributed by atoms with E-state index in [4.69, 9.17) is 0 Å². The smallest absolute Gasteiger partial charge is 0.0867 e. The quantitative estimate of drug-likeness (QED) is 0.918. The van der Waals surface area contributed by atoms with Gasteiger partial charge in [0, 0.05) is 27.8 Å².